The number of hydrogen-bond acceptors (Lipinski definition) is 8. The Morgan fingerprint density at radius 2 is 1.88 bits per heavy atom. The molecule has 2 aromatic heterocycles. The molecule has 2 aromatic carbocycles. The van der Waals surface area contributed by atoms with Crippen molar-refractivity contribution in [2.24, 2.45) is 0 Å². The summed E-state index contributed by atoms with van der Waals surface area (Å²) in [6.07, 6.45) is 0. The fourth-order valence-corrected chi connectivity index (χ4v) is 5.11. The van der Waals surface area contributed by atoms with Crippen LogP contribution in [-0.4, -0.2) is 21.8 Å². The number of fused-ring (bicyclic) bond motifs is 1. The van der Waals surface area contributed by atoms with Crippen molar-refractivity contribution < 1.29 is 4.74 Å². The van der Waals surface area contributed by atoms with Gasteiger partial charge in [0.25, 0.3) is 0 Å². The largest absolute Gasteiger partial charge is 0.492 e. The quantitative estimate of drug-likeness (QED) is 0.409. The lowest BCUT2D eigenvalue weighted by atomic mass is 10.3. The minimum Gasteiger partial charge on any atom is -0.492 e. The van der Waals surface area contributed by atoms with Crippen LogP contribution in [0, 0.1) is 0 Å². The van der Waals surface area contributed by atoms with Crippen LogP contribution in [-0.2, 0) is 5.75 Å². The van der Waals surface area contributed by atoms with Crippen LogP contribution in [0.25, 0.3) is 10.2 Å². The molecule has 0 aliphatic heterocycles. The Balaban J connectivity index is 1.41. The van der Waals surface area contributed by atoms with Crippen LogP contribution < -0.4 is 10.1 Å². The van der Waals surface area contributed by atoms with E-state index in [2.05, 4.69) is 26.6 Å². The minimum absolute atomic E-state index is 0.623. The summed E-state index contributed by atoms with van der Waals surface area (Å²) in [5.74, 6) is 1.61. The van der Waals surface area contributed by atoms with Crippen molar-refractivity contribution in [1.29, 1.82) is 0 Å². The van der Waals surface area contributed by atoms with Crippen LogP contribution >= 0.6 is 34.4 Å². The van der Waals surface area contributed by atoms with Crippen LogP contribution in [0.3, 0.4) is 0 Å². The van der Waals surface area contributed by atoms with Crippen molar-refractivity contribution in [3.05, 3.63) is 53.5 Å². The third kappa shape index (κ3) is 3.98. The fourth-order valence-electron chi connectivity index (χ4n) is 2.39. The second kappa shape index (κ2) is 8.03. The molecule has 0 atom stereocenters. The molecule has 5 nitrogen and oxygen atoms in total. The summed E-state index contributed by atoms with van der Waals surface area (Å²) in [6, 6.07) is 16.0. The van der Waals surface area contributed by atoms with Crippen LogP contribution in [0.4, 0.5) is 10.8 Å². The summed E-state index contributed by atoms with van der Waals surface area (Å²) in [6.45, 7) is 2.59. The first-order valence-electron chi connectivity index (χ1n) is 8.11. The highest BCUT2D eigenvalue weighted by atomic mass is 32.2. The van der Waals surface area contributed by atoms with Gasteiger partial charge in [-0.3, -0.25) is 0 Å². The Labute approximate surface area is 163 Å². The SMILES string of the molecule is CCOc1ccccc1Nc1nnc(SCc2nc3ccccc3s2)s1. The van der Waals surface area contributed by atoms with Gasteiger partial charge in [0.05, 0.1) is 28.3 Å². The maximum absolute atomic E-state index is 5.63. The van der Waals surface area contributed by atoms with E-state index in [1.807, 2.05) is 49.4 Å². The fraction of sp³-hybridized carbons (Fsp3) is 0.167. The number of nitrogens with one attached hydrogen (secondary N) is 1. The van der Waals surface area contributed by atoms with Crippen LogP contribution in [0.1, 0.15) is 11.9 Å². The smallest absolute Gasteiger partial charge is 0.210 e. The molecule has 0 aliphatic rings. The van der Waals surface area contributed by atoms with Gasteiger partial charge in [-0.25, -0.2) is 4.98 Å². The zero-order valence-corrected chi connectivity index (χ0v) is 16.5. The van der Waals surface area contributed by atoms with Gasteiger partial charge in [0.15, 0.2) is 4.34 Å². The number of nitrogens with zero attached hydrogens (tertiary/aromatic N) is 3. The van der Waals surface area contributed by atoms with E-state index in [1.165, 1.54) is 16.0 Å². The number of ether oxygens (including phenoxy) is 1. The maximum atomic E-state index is 5.63. The lowest BCUT2D eigenvalue weighted by Gasteiger charge is -2.09. The van der Waals surface area contributed by atoms with E-state index in [-0.39, 0.29) is 0 Å². The second-order valence-corrected chi connectivity index (χ2v) is 8.61. The van der Waals surface area contributed by atoms with Crippen LogP contribution in [0.2, 0.25) is 0 Å². The minimum atomic E-state index is 0.623. The normalized spacial score (nSPS) is 11.0. The van der Waals surface area contributed by atoms with Gasteiger partial charge in [0.1, 0.15) is 10.8 Å². The molecule has 4 rings (SSSR count). The highest BCUT2D eigenvalue weighted by Gasteiger charge is 2.10. The molecular weight excluding hydrogens is 384 g/mol. The van der Waals surface area contributed by atoms with Gasteiger partial charge < -0.3 is 10.1 Å². The summed E-state index contributed by atoms with van der Waals surface area (Å²) in [4.78, 5) is 4.66. The predicted octanol–water partition coefficient (Wildman–Crippen LogP) is 5.58. The molecule has 0 aliphatic carbocycles. The molecule has 0 bridgehead atoms. The molecule has 26 heavy (non-hydrogen) atoms. The molecule has 2 heterocycles. The highest BCUT2D eigenvalue weighted by Crippen LogP contribution is 2.34. The molecule has 0 amide bonds. The summed E-state index contributed by atoms with van der Waals surface area (Å²) in [7, 11) is 0. The number of anilines is 2. The summed E-state index contributed by atoms with van der Waals surface area (Å²) in [5.41, 5.74) is 1.95. The molecule has 0 saturated heterocycles. The topological polar surface area (TPSA) is 59.9 Å². The van der Waals surface area contributed by atoms with Gasteiger partial charge in [0.2, 0.25) is 5.13 Å². The molecule has 0 radical (unpaired) electrons. The predicted molar refractivity (Wildman–Crippen MR) is 110 cm³/mol. The zero-order chi connectivity index (χ0) is 17.8. The molecule has 1 N–H and O–H groups in total. The molecule has 0 unspecified atom stereocenters. The number of hydrogen-bond donors (Lipinski definition) is 1. The van der Waals surface area contributed by atoms with Crippen molar-refractivity contribution in [3.63, 3.8) is 0 Å². The first-order chi connectivity index (χ1) is 12.8. The number of aromatic nitrogens is 3. The van der Waals surface area contributed by atoms with Gasteiger partial charge >= 0.3 is 0 Å². The number of para-hydroxylation sites is 3. The lowest BCUT2D eigenvalue weighted by molar-refractivity contribution is 0.342. The summed E-state index contributed by atoms with van der Waals surface area (Å²) < 4.78 is 7.77. The van der Waals surface area contributed by atoms with Gasteiger partial charge in [-0.05, 0) is 31.2 Å². The third-order valence-corrected chi connectivity index (χ3v) is 6.69. The highest BCUT2D eigenvalue weighted by molar-refractivity contribution is 8.00. The van der Waals surface area contributed by atoms with E-state index in [1.54, 1.807) is 23.1 Å². The van der Waals surface area contributed by atoms with E-state index in [9.17, 15) is 0 Å². The van der Waals surface area contributed by atoms with Gasteiger partial charge in [-0.2, -0.15) is 0 Å². The number of rotatable bonds is 7. The van der Waals surface area contributed by atoms with Crippen molar-refractivity contribution in [3.8, 4) is 5.75 Å². The Morgan fingerprint density at radius 3 is 2.77 bits per heavy atom. The molecule has 0 spiro atoms. The molecule has 132 valence electrons. The standard InChI is InChI=1S/C18H16N4OS3/c1-2-23-14-9-5-3-7-12(14)20-17-21-22-18(26-17)24-11-16-19-13-8-4-6-10-15(13)25-16/h3-10H,2,11H2,1H3,(H,20,21). The molecule has 4 aromatic rings. The van der Waals surface area contributed by atoms with Crippen molar-refractivity contribution in [1.82, 2.24) is 15.2 Å². The Bertz CT molecular complexity index is 981. The van der Waals surface area contributed by atoms with Gasteiger partial charge in [0, 0.05) is 0 Å². The van der Waals surface area contributed by atoms with Crippen LogP contribution in [0.15, 0.2) is 52.9 Å². The van der Waals surface area contributed by atoms with E-state index in [4.69, 9.17) is 4.74 Å². The average molecular weight is 401 g/mol. The Kier molecular flexibility index (Phi) is 5.33. The lowest BCUT2D eigenvalue weighted by Crippen LogP contribution is -1.97. The maximum Gasteiger partial charge on any atom is 0.210 e. The Hall–Kier alpha value is -2.16. The first kappa shape index (κ1) is 17.3. The molecule has 0 fully saturated rings. The van der Waals surface area contributed by atoms with Gasteiger partial charge in [-0.1, -0.05) is 47.4 Å². The van der Waals surface area contributed by atoms with Gasteiger partial charge in [-0.15, -0.1) is 21.5 Å². The zero-order valence-electron chi connectivity index (χ0n) is 14.0. The third-order valence-electron chi connectivity index (χ3n) is 3.49. The van der Waals surface area contributed by atoms with Crippen molar-refractivity contribution in [2.75, 3.05) is 11.9 Å². The number of benzene rings is 2. The number of thiazole rings is 1. The molecule has 0 saturated carbocycles. The van der Waals surface area contributed by atoms with E-state index >= 15 is 0 Å². The summed E-state index contributed by atoms with van der Waals surface area (Å²) >= 11 is 4.91. The Morgan fingerprint density at radius 1 is 1.04 bits per heavy atom. The van der Waals surface area contributed by atoms with Crippen molar-refractivity contribution >= 4 is 55.5 Å². The molecule has 8 heteroatoms. The van der Waals surface area contributed by atoms with Crippen LogP contribution in [0.5, 0.6) is 5.75 Å². The monoisotopic (exact) mass is 400 g/mol. The summed E-state index contributed by atoms with van der Waals surface area (Å²) in [5, 5.41) is 13.6. The van der Waals surface area contributed by atoms with E-state index in [0.717, 1.165) is 37.2 Å². The second-order valence-electron chi connectivity index (χ2n) is 5.29. The average Bonchev–Trinajstić information content (AvgIpc) is 3.28. The first-order valence-corrected chi connectivity index (χ1v) is 10.7. The molecular formula is C18H16N4OS3. The van der Waals surface area contributed by atoms with E-state index < -0.39 is 0 Å². The number of thioether (sulfide) groups is 1. The van der Waals surface area contributed by atoms with E-state index in [0.29, 0.717) is 6.61 Å². The van der Waals surface area contributed by atoms with Crippen molar-refractivity contribution in [2.45, 2.75) is 17.0 Å².